The molecule has 0 atom stereocenters. The Labute approximate surface area is 212 Å². The molecule has 1 aliphatic heterocycles. The number of rotatable bonds is 6. The summed E-state index contributed by atoms with van der Waals surface area (Å²) in [5.74, 6) is -0.190. The number of hydrogen-bond acceptors (Lipinski definition) is 5. The maximum Gasteiger partial charge on any atom is 0.255 e. The van der Waals surface area contributed by atoms with Crippen molar-refractivity contribution < 1.29 is 14.4 Å². The predicted octanol–water partition coefficient (Wildman–Crippen LogP) is 5.05. The fourth-order valence-electron chi connectivity index (χ4n) is 3.81. The highest BCUT2D eigenvalue weighted by Gasteiger charge is 2.26. The summed E-state index contributed by atoms with van der Waals surface area (Å²) in [5, 5.41) is 13.3. The van der Waals surface area contributed by atoms with Crippen molar-refractivity contribution in [2.24, 2.45) is 5.10 Å². The van der Waals surface area contributed by atoms with Crippen LogP contribution in [0.3, 0.4) is 0 Å². The summed E-state index contributed by atoms with van der Waals surface area (Å²) in [6.07, 6.45) is 0.0432. The number of hydrazone groups is 1. The smallest absolute Gasteiger partial charge is 0.255 e. The van der Waals surface area contributed by atoms with Gasteiger partial charge in [0.1, 0.15) is 5.84 Å². The Kier molecular flexibility index (Phi) is 6.77. The van der Waals surface area contributed by atoms with E-state index in [0.29, 0.717) is 22.8 Å². The fraction of sp³-hybridized carbons (Fsp3) is 0.0714. The van der Waals surface area contributed by atoms with Crippen molar-refractivity contribution in [2.75, 3.05) is 16.1 Å². The minimum absolute atomic E-state index is 0.0432. The minimum Gasteiger partial charge on any atom is -0.322 e. The summed E-state index contributed by atoms with van der Waals surface area (Å²) in [4.78, 5) is 38.3. The van der Waals surface area contributed by atoms with Crippen molar-refractivity contribution in [3.63, 3.8) is 0 Å². The number of anilines is 2. The Balaban J connectivity index is 1.17. The third kappa shape index (κ3) is 5.45. The monoisotopic (exact) mass is 494 g/mol. The first-order valence-electron chi connectivity index (χ1n) is 11.3. The van der Waals surface area contributed by atoms with Gasteiger partial charge in [-0.15, -0.1) is 11.8 Å². The van der Waals surface area contributed by atoms with E-state index in [2.05, 4.69) is 15.7 Å². The summed E-state index contributed by atoms with van der Waals surface area (Å²) >= 11 is 1.33. The van der Waals surface area contributed by atoms with Crippen LogP contribution in [0.2, 0.25) is 0 Å². The highest BCUT2D eigenvalue weighted by Crippen LogP contribution is 2.23. The zero-order valence-electron chi connectivity index (χ0n) is 19.2. The SMILES string of the molecule is O=C(CSc1cccc(NC(=O)c2ccc3ccccc3c2)c1)NC1=NN(c2ccccc2)C(=O)C1. The summed E-state index contributed by atoms with van der Waals surface area (Å²) in [6, 6.07) is 29.9. The summed E-state index contributed by atoms with van der Waals surface area (Å²) in [5.41, 5.74) is 1.87. The number of amidine groups is 1. The second-order valence-corrected chi connectivity index (χ2v) is 9.19. The molecule has 0 spiro atoms. The van der Waals surface area contributed by atoms with Gasteiger partial charge in [0.25, 0.3) is 11.8 Å². The van der Waals surface area contributed by atoms with Gasteiger partial charge >= 0.3 is 0 Å². The molecule has 0 aromatic heterocycles. The molecule has 0 fully saturated rings. The third-order valence-electron chi connectivity index (χ3n) is 5.53. The number of thioether (sulfide) groups is 1. The van der Waals surface area contributed by atoms with Crippen LogP contribution in [0.25, 0.3) is 10.8 Å². The normalized spacial score (nSPS) is 12.9. The number of nitrogens with one attached hydrogen (secondary N) is 2. The van der Waals surface area contributed by atoms with Crippen LogP contribution >= 0.6 is 11.8 Å². The summed E-state index contributed by atoms with van der Waals surface area (Å²) < 4.78 is 0. The van der Waals surface area contributed by atoms with Crippen molar-refractivity contribution >= 4 is 57.5 Å². The largest absolute Gasteiger partial charge is 0.322 e. The number of carbonyl (C=O) groups excluding carboxylic acids is 3. The third-order valence-corrected chi connectivity index (χ3v) is 6.53. The van der Waals surface area contributed by atoms with E-state index in [1.165, 1.54) is 16.8 Å². The first-order valence-corrected chi connectivity index (χ1v) is 12.3. The molecule has 0 saturated carbocycles. The summed E-state index contributed by atoms with van der Waals surface area (Å²) in [7, 11) is 0. The molecule has 3 amide bonds. The van der Waals surface area contributed by atoms with E-state index in [1.807, 2.05) is 72.8 Å². The lowest BCUT2D eigenvalue weighted by molar-refractivity contribution is -0.117. The van der Waals surface area contributed by atoms with Gasteiger partial charge in [-0.2, -0.15) is 10.1 Å². The van der Waals surface area contributed by atoms with Gasteiger partial charge in [-0.3, -0.25) is 14.4 Å². The molecule has 36 heavy (non-hydrogen) atoms. The molecule has 0 saturated heterocycles. The molecule has 1 heterocycles. The molecule has 4 aromatic rings. The molecule has 4 aromatic carbocycles. The molecule has 1 aliphatic rings. The van der Waals surface area contributed by atoms with Crippen LogP contribution in [0.5, 0.6) is 0 Å². The van der Waals surface area contributed by atoms with E-state index >= 15 is 0 Å². The lowest BCUT2D eigenvalue weighted by atomic mass is 10.1. The first kappa shape index (κ1) is 23.3. The lowest BCUT2D eigenvalue weighted by Gasteiger charge is -2.10. The van der Waals surface area contributed by atoms with Gasteiger partial charge in [-0.25, -0.2) is 0 Å². The van der Waals surface area contributed by atoms with E-state index < -0.39 is 0 Å². The first-order chi connectivity index (χ1) is 17.5. The van der Waals surface area contributed by atoms with Gasteiger partial charge in [-0.1, -0.05) is 54.6 Å². The van der Waals surface area contributed by atoms with Crippen molar-refractivity contribution in [1.29, 1.82) is 0 Å². The molecule has 0 bridgehead atoms. The molecule has 0 radical (unpaired) electrons. The maximum absolute atomic E-state index is 12.8. The second-order valence-electron chi connectivity index (χ2n) is 8.15. The van der Waals surface area contributed by atoms with E-state index in [0.717, 1.165) is 15.7 Å². The van der Waals surface area contributed by atoms with Crippen LogP contribution < -0.4 is 15.6 Å². The van der Waals surface area contributed by atoms with Crippen LogP contribution in [0.4, 0.5) is 11.4 Å². The Morgan fingerprint density at radius 2 is 1.61 bits per heavy atom. The van der Waals surface area contributed by atoms with Crippen LogP contribution in [0, 0.1) is 0 Å². The quantitative estimate of drug-likeness (QED) is 0.367. The average molecular weight is 495 g/mol. The van der Waals surface area contributed by atoms with Crippen LogP contribution in [0.15, 0.2) is 107 Å². The molecular weight excluding hydrogens is 472 g/mol. The minimum atomic E-state index is -0.257. The molecule has 0 unspecified atom stereocenters. The van der Waals surface area contributed by atoms with Gasteiger partial charge in [0.15, 0.2) is 0 Å². The molecule has 2 N–H and O–H groups in total. The topological polar surface area (TPSA) is 90.9 Å². The van der Waals surface area contributed by atoms with E-state index in [1.54, 1.807) is 24.3 Å². The molecule has 0 aliphatic carbocycles. The number of fused-ring (bicyclic) bond motifs is 1. The van der Waals surface area contributed by atoms with Crippen molar-refractivity contribution in [3.8, 4) is 0 Å². The van der Waals surface area contributed by atoms with Crippen molar-refractivity contribution in [1.82, 2.24) is 5.32 Å². The molecule has 178 valence electrons. The fourth-order valence-corrected chi connectivity index (χ4v) is 4.57. The molecule has 5 rings (SSSR count). The Hall–Kier alpha value is -4.43. The number of para-hydroxylation sites is 1. The number of carbonyl (C=O) groups is 3. The molecule has 8 heteroatoms. The number of benzene rings is 4. The van der Waals surface area contributed by atoms with Gasteiger partial charge in [0.05, 0.1) is 17.9 Å². The Bertz CT molecular complexity index is 1490. The second kappa shape index (κ2) is 10.5. The highest BCUT2D eigenvalue weighted by molar-refractivity contribution is 8.00. The number of amides is 3. The number of nitrogens with zero attached hydrogens (tertiary/aromatic N) is 2. The predicted molar refractivity (Wildman–Crippen MR) is 143 cm³/mol. The average Bonchev–Trinajstić information content (AvgIpc) is 3.27. The van der Waals surface area contributed by atoms with Gasteiger partial charge in [-0.05, 0) is 53.2 Å². The van der Waals surface area contributed by atoms with E-state index in [9.17, 15) is 14.4 Å². The zero-order chi connectivity index (χ0) is 24.9. The van der Waals surface area contributed by atoms with E-state index in [4.69, 9.17) is 0 Å². The Morgan fingerprint density at radius 3 is 2.44 bits per heavy atom. The lowest BCUT2D eigenvalue weighted by Crippen LogP contribution is -2.31. The van der Waals surface area contributed by atoms with Crippen LogP contribution in [-0.4, -0.2) is 29.3 Å². The Morgan fingerprint density at radius 1 is 0.833 bits per heavy atom. The highest BCUT2D eigenvalue weighted by atomic mass is 32.2. The van der Waals surface area contributed by atoms with Gasteiger partial charge in [0, 0.05) is 16.1 Å². The standard InChI is InChI=1S/C28H22N4O3S/c33-26(30-25-17-27(34)32(31-25)23-10-2-1-3-11-23)18-36-24-12-6-9-22(16-24)29-28(35)21-14-13-19-7-4-5-8-20(19)15-21/h1-16H,17-18H2,(H,29,35)(H,30,31,33). The number of hydrogen-bond donors (Lipinski definition) is 2. The molecule has 7 nitrogen and oxygen atoms in total. The maximum atomic E-state index is 12.8. The van der Waals surface area contributed by atoms with E-state index in [-0.39, 0.29) is 29.9 Å². The van der Waals surface area contributed by atoms with Crippen molar-refractivity contribution in [2.45, 2.75) is 11.3 Å². The summed E-state index contributed by atoms with van der Waals surface area (Å²) in [6.45, 7) is 0. The van der Waals surface area contributed by atoms with Crippen LogP contribution in [0.1, 0.15) is 16.8 Å². The zero-order valence-corrected chi connectivity index (χ0v) is 20.0. The van der Waals surface area contributed by atoms with Gasteiger partial charge in [0.2, 0.25) is 5.91 Å². The van der Waals surface area contributed by atoms with Crippen LogP contribution in [-0.2, 0) is 9.59 Å². The van der Waals surface area contributed by atoms with Crippen molar-refractivity contribution in [3.05, 3.63) is 103 Å². The van der Waals surface area contributed by atoms with Gasteiger partial charge < -0.3 is 10.6 Å². The molecular formula is C28H22N4O3S.